The first-order chi connectivity index (χ1) is 7.88. The van der Waals surface area contributed by atoms with Crippen LogP contribution in [-0.4, -0.2) is 17.4 Å². The topological polar surface area (TPSA) is 50.7 Å². The fourth-order valence-corrected chi connectivity index (χ4v) is 1.17. The van der Waals surface area contributed by atoms with Gasteiger partial charge in [-0.1, -0.05) is 30.3 Å². The first-order valence-corrected chi connectivity index (χ1v) is 5.47. The fourth-order valence-electron chi connectivity index (χ4n) is 1.17. The predicted molar refractivity (Wildman–Crippen MR) is 68.0 cm³/mol. The van der Waals surface area contributed by atoms with E-state index in [1.165, 1.54) is 0 Å². The van der Waals surface area contributed by atoms with Gasteiger partial charge in [-0.2, -0.15) is 5.10 Å². The van der Waals surface area contributed by atoms with Crippen LogP contribution in [0.15, 0.2) is 35.4 Å². The molecule has 1 aromatic rings. The Bertz CT molecular complexity index is 405. The van der Waals surface area contributed by atoms with Crippen LogP contribution in [0.2, 0.25) is 0 Å². The second-order valence-corrected chi connectivity index (χ2v) is 4.68. The van der Waals surface area contributed by atoms with E-state index in [1.54, 1.807) is 20.8 Å². The average molecular weight is 234 g/mol. The Kier molecular flexibility index (Phi) is 4.26. The van der Waals surface area contributed by atoms with Gasteiger partial charge in [0.25, 0.3) is 0 Å². The minimum atomic E-state index is -0.548. The smallest absolute Gasteiger partial charge is 0.428 e. The van der Waals surface area contributed by atoms with Crippen molar-refractivity contribution in [2.45, 2.75) is 33.3 Å². The number of hydrogen-bond donors (Lipinski definition) is 1. The molecule has 0 spiro atoms. The van der Waals surface area contributed by atoms with E-state index in [4.69, 9.17) is 4.74 Å². The number of nitrogens with zero attached hydrogens (tertiary/aromatic N) is 1. The summed E-state index contributed by atoms with van der Waals surface area (Å²) in [5.41, 5.74) is 3.55. The molecule has 4 nitrogen and oxygen atoms in total. The third kappa shape index (κ3) is 5.15. The van der Waals surface area contributed by atoms with E-state index in [0.717, 1.165) is 11.3 Å². The fraction of sp³-hybridized carbons (Fsp3) is 0.385. The summed E-state index contributed by atoms with van der Waals surface area (Å²) in [6, 6.07) is 9.62. The zero-order valence-corrected chi connectivity index (χ0v) is 10.7. The summed E-state index contributed by atoms with van der Waals surface area (Å²) in [5.74, 6) is 0. The van der Waals surface area contributed by atoms with E-state index in [-0.39, 0.29) is 0 Å². The Balaban J connectivity index is 2.57. The van der Waals surface area contributed by atoms with Gasteiger partial charge in [0.1, 0.15) is 5.60 Å². The number of ether oxygens (including phenoxy) is 1. The van der Waals surface area contributed by atoms with Gasteiger partial charge in [0.05, 0.1) is 5.71 Å². The summed E-state index contributed by atoms with van der Waals surface area (Å²) in [4.78, 5) is 11.4. The van der Waals surface area contributed by atoms with Crippen molar-refractivity contribution < 1.29 is 9.53 Å². The second kappa shape index (κ2) is 5.48. The third-order valence-corrected chi connectivity index (χ3v) is 1.91. The SMILES string of the molecule is C/C(=N/NC(=O)OC(C)(C)C)c1ccccc1. The van der Waals surface area contributed by atoms with E-state index in [9.17, 15) is 4.79 Å². The van der Waals surface area contributed by atoms with Crippen molar-refractivity contribution in [1.29, 1.82) is 0 Å². The summed E-state index contributed by atoms with van der Waals surface area (Å²) in [6.45, 7) is 7.24. The Labute approximate surface area is 102 Å². The molecule has 17 heavy (non-hydrogen) atoms. The number of rotatable bonds is 2. The summed E-state index contributed by atoms with van der Waals surface area (Å²) >= 11 is 0. The van der Waals surface area contributed by atoms with Crippen molar-refractivity contribution in [2.75, 3.05) is 0 Å². The monoisotopic (exact) mass is 234 g/mol. The van der Waals surface area contributed by atoms with E-state index in [2.05, 4.69) is 10.5 Å². The first-order valence-electron chi connectivity index (χ1n) is 5.47. The van der Waals surface area contributed by atoms with Crippen molar-refractivity contribution in [2.24, 2.45) is 5.10 Å². The summed E-state index contributed by atoms with van der Waals surface area (Å²) in [5, 5.41) is 3.97. The Morgan fingerprint density at radius 1 is 1.24 bits per heavy atom. The van der Waals surface area contributed by atoms with Crippen LogP contribution in [-0.2, 0) is 4.74 Å². The molecule has 0 aliphatic carbocycles. The van der Waals surface area contributed by atoms with E-state index in [0.29, 0.717) is 0 Å². The number of hydrogen-bond acceptors (Lipinski definition) is 3. The van der Waals surface area contributed by atoms with Crippen molar-refractivity contribution in [3.63, 3.8) is 0 Å². The first kappa shape index (κ1) is 13.2. The molecule has 0 fully saturated rings. The van der Waals surface area contributed by atoms with Crippen LogP contribution in [0.4, 0.5) is 4.79 Å². The van der Waals surface area contributed by atoms with Gasteiger partial charge in [-0.25, -0.2) is 10.2 Å². The largest absolute Gasteiger partial charge is 0.443 e. The number of hydrazone groups is 1. The van der Waals surface area contributed by atoms with Gasteiger partial charge in [-0.05, 0) is 33.3 Å². The second-order valence-electron chi connectivity index (χ2n) is 4.68. The summed E-state index contributed by atoms with van der Waals surface area (Å²) < 4.78 is 5.07. The predicted octanol–water partition coefficient (Wildman–Crippen LogP) is 2.94. The minimum Gasteiger partial charge on any atom is -0.443 e. The van der Waals surface area contributed by atoms with Crippen LogP contribution in [0, 0.1) is 0 Å². The third-order valence-electron chi connectivity index (χ3n) is 1.91. The zero-order chi connectivity index (χ0) is 12.9. The minimum absolute atomic E-state index is 0.514. The molecular weight excluding hydrogens is 216 g/mol. The molecular formula is C13H18N2O2. The molecule has 4 heteroatoms. The highest BCUT2D eigenvalue weighted by molar-refractivity contribution is 5.98. The van der Waals surface area contributed by atoms with Crippen LogP contribution < -0.4 is 5.43 Å². The normalized spacial score (nSPS) is 12.1. The van der Waals surface area contributed by atoms with Gasteiger partial charge < -0.3 is 4.74 Å². The van der Waals surface area contributed by atoms with Gasteiger partial charge >= 0.3 is 6.09 Å². The van der Waals surface area contributed by atoms with Crippen molar-refractivity contribution >= 4 is 11.8 Å². The molecule has 0 aliphatic heterocycles. The van der Waals surface area contributed by atoms with Crippen LogP contribution >= 0.6 is 0 Å². The lowest BCUT2D eigenvalue weighted by Gasteiger charge is -2.18. The molecule has 1 amide bonds. The number of nitrogens with one attached hydrogen (secondary N) is 1. The van der Waals surface area contributed by atoms with Gasteiger partial charge in [-0.3, -0.25) is 0 Å². The highest BCUT2D eigenvalue weighted by atomic mass is 16.6. The molecule has 1 aromatic carbocycles. The molecule has 1 N–H and O–H groups in total. The molecule has 0 atom stereocenters. The maximum Gasteiger partial charge on any atom is 0.428 e. The van der Waals surface area contributed by atoms with Crippen molar-refractivity contribution in [3.05, 3.63) is 35.9 Å². The molecule has 0 unspecified atom stereocenters. The Hall–Kier alpha value is -1.84. The van der Waals surface area contributed by atoms with Crippen LogP contribution in [0.5, 0.6) is 0 Å². The lowest BCUT2D eigenvalue weighted by atomic mass is 10.1. The van der Waals surface area contributed by atoms with Crippen molar-refractivity contribution in [1.82, 2.24) is 5.43 Å². The summed E-state index contributed by atoms with van der Waals surface area (Å²) in [6.07, 6.45) is -0.548. The Morgan fingerprint density at radius 2 is 1.82 bits per heavy atom. The van der Waals surface area contributed by atoms with E-state index < -0.39 is 11.7 Å². The Morgan fingerprint density at radius 3 is 2.35 bits per heavy atom. The van der Waals surface area contributed by atoms with Gasteiger partial charge in [0, 0.05) is 0 Å². The van der Waals surface area contributed by atoms with E-state index >= 15 is 0 Å². The van der Waals surface area contributed by atoms with Crippen LogP contribution in [0.3, 0.4) is 0 Å². The van der Waals surface area contributed by atoms with Crippen molar-refractivity contribution in [3.8, 4) is 0 Å². The molecule has 0 aromatic heterocycles. The maximum atomic E-state index is 11.4. The highest BCUT2D eigenvalue weighted by Gasteiger charge is 2.15. The molecule has 0 radical (unpaired) electrons. The average Bonchev–Trinajstić information content (AvgIpc) is 2.25. The van der Waals surface area contributed by atoms with Crippen LogP contribution in [0.25, 0.3) is 0 Å². The van der Waals surface area contributed by atoms with Gasteiger partial charge in [0.2, 0.25) is 0 Å². The molecule has 92 valence electrons. The molecule has 0 saturated carbocycles. The number of carbonyl (C=O) groups is 1. The quantitative estimate of drug-likeness (QED) is 0.631. The van der Waals surface area contributed by atoms with Gasteiger partial charge in [-0.15, -0.1) is 0 Å². The summed E-state index contributed by atoms with van der Waals surface area (Å²) in [7, 11) is 0. The number of amides is 1. The molecule has 0 aliphatic rings. The zero-order valence-electron chi connectivity index (χ0n) is 10.7. The standard InChI is InChI=1S/C13H18N2O2/c1-10(11-8-6-5-7-9-11)14-15-12(16)17-13(2,3)4/h5-9H,1-4H3,(H,15,16)/b14-10-. The molecule has 1 rings (SSSR count). The number of carbonyl (C=O) groups excluding carboxylic acids is 1. The van der Waals surface area contributed by atoms with E-state index in [1.807, 2.05) is 37.3 Å². The number of benzene rings is 1. The molecule has 0 bridgehead atoms. The molecule has 0 heterocycles. The lowest BCUT2D eigenvalue weighted by molar-refractivity contribution is 0.0529. The van der Waals surface area contributed by atoms with Gasteiger partial charge in [0.15, 0.2) is 0 Å². The van der Waals surface area contributed by atoms with Crippen LogP contribution in [0.1, 0.15) is 33.3 Å². The maximum absolute atomic E-state index is 11.4. The molecule has 0 saturated heterocycles. The lowest BCUT2D eigenvalue weighted by Crippen LogP contribution is -2.30. The highest BCUT2D eigenvalue weighted by Crippen LogP contribution is 2.06.